The summed E-state index contributed by atoms with van der Waals surface area (Å²) >= 11 is 0. The standard InChI is InChI=1S/C9H10O2/c1-7(10)9(3-4-9)8-2-5-11-6-8/h2,5-6H,3-4H2,1H3. The Hall–Kier alpha value is -1.05. The van der Waals surface area contributed by atoms with Crippen molar-refractivity contribution in [1.29, 1.82) is 0 Å². The van der Waals surface area contributed by atoms with Gasteiger partial charge in [0.25, 0.3) is 0 Å². The van der Waals surface area contributed by atoms with Crippen LogP contribution in [0.4, 0.5) is 0 Å². The van der Waals surface area contributed by atoms with Gasteiger partial charge in [0.1, 0.15) is 5.78 Å². The number of rotatable bonds is 2. The fraction of sp³-hybridized carbons (Fsp3) is 0.444. The average molecular weight is 150 g/mol. The molecule has 2 heteroatoms. The van der Waals surface area contributed by atoms with E-state index in [0.29, 0.717) is 0 Å². The van der Waals surface area contributed by atoms with Crippen molar-refractivity contribution in [2.75, 3.05) is 0 Å². The van der Waals surface area contributed by atoms with Crippen molar-refractivity contribution >= 4 is 5.78 Å². The summed E-state index contributed by atoms with van der Waals surface area (Å²) in [5.74, 6) is 0.263. The van der Waals surface area contributed by atoms with Crippen molar-refractivity contribution in [3.63, 3.8) is 0 Å². The molecule has 0 aromatic carbocycles. The highest BCUT2D eigenvalue weighted by Crippen LogP contribution is 2.48. The minimum absolute atomic E-state index is 0.160. The second-order valence-corrected chi connectivity index (χ2v) is 3.15. The molecule has 1 fully saturated rings. The first kappa shape index (κ1) is 6.65. The summed E-state index contributed by atoms with van der Waals surface area (Å²) in [5.41, 5.74) is 0.887. The summed E-state index contributed by atoms with van der Waals surface area (Å²) in [7, 11) is 0. The third-order valence-electron chi connectivity index (χ3n) is 2.50. The number of carbonyl (C=O) groups is 1. The molecule has 1 heterocycles. The molecule has 0 saturated heterocycles. The van der Waals surface area contributed by atoms with Crippen molar-refractivity contribution in [3.05, 3.63) is 24.2 Å². The largest absolute Gasteiger partial charge is 0.472 e. The predicted molar refractivity (Wildman–Crippen MR) is 40.3 cm³/mol. The van der Waals surface area contributed by atoms with Gasteiger partial charge in [-0.2, -0.15) is 0 Å². The first-order chi connectivity index (χ1) is 5.26. The van der Waals surface area contributed by atoms with Crippen LogP contribution in [0.1, 0.15) is 25.3 Å². The third kappa shape index (κ3) is 0.821. The molecule has 0 N–H and O–H groups in total. The molecule has 2 rings (SSSR count). The lowest BCUT2D eigenvalue weighted by molar-refractivity contribution is -0.119. The maximum absolute atomic E-state index is 11.2. The van der Waals surface area contributed by atoms with E-state index in [1.165, 1.54) is 0 Å². The minimum atomic E-state index is -0.160. The SMILES string of the molecule is CC(=O)C1(c2ccoc2)CC1. The van der Waals surface area contributed by atoms with Crippen molar-refractivity contribution in [2.24, 2.45) is 0 Å². The summed E-state index contributed by atoms with van der Waals surface area (Å²) in [6.45, 7) is 1.65. The van der Waals surface area contributed by atoms with Gasteiger partial charge in [-0.1, -0.05) is 0 Å². The summed E-state index contributed by atoms with van der Waals surface area (Å²) < 4.78 is 4.94. The number of hydrogen-bond donors (Lipinski definition) is 0. The molecule has 2 nitrogen and oxygen atoms in total. The quantitative estimate of drug-likeness (QED) is 0.644. The molecule has 0 unspecified atom stereocenters. The highest BCUT2D eigenvalue weighted by atomic mass is 16.3. The van der Waals surface area contributed by atoms with Gasteiger partial charge in [-0.25, -0.2) is 0 Å². The van der Waals surface area contributed by atoms with Crippen molar-refractivity contribution in [1.82, 2.24) is 0 Å². The molecule has 0 aliphatic heterocycles. The highest BCUT2D eigenvalue weighted by molar-refractivity contribution is 5.90. The summed E-state index contributed by atoms with van der Waals surface area (Å²) in [6, 6.07) is 1.88. The Morgan fingerprint density at radius 1 is 1.64 bits per heavy atom. The number of hydrogen-bond acceptors (Lipinski definition) is 2. The maximum atomic E-state index is 11.2. The zero-order valence-corrected chi connectivity index (χ0v) is 6.46. The molecule has 1 aliphatic carbocycles. The summed E-state index contributed by atoms with van der Waals surface area (Å²) in [4.78, 5) is 11.2. The second-order valence-electron chi connectivity index (χ2n) is 3.15. The second kappa shape index (κ2) is 1.97. The summed E-state index contributed by atoms with van der Waals surface area (Å²) in [6.07, 6.45) is 5.27. The van der Waals surface area contributed by atoms with E-state index in [1.54, 1.807) is 19.5 Å². The normalized spacial score (nSPS) is 19.7. The van der Waals surface area contributed by atoms with E-state index in [2.05, 4.69) is 0 Å². The Morgan fingerprint density at radius 2 is 2.36 bits per heavy atom. The van der Waals surface area contributed by atoms with Crippen molar-refractivity contribution < 1.29 is 9.21 Å². The molecule has 1 aromatic heterocycles. The average Bonchev–Trinajstić information content (AvgIpc) is 2.61. The molecule has 58 valence electrons. The van der Waals surface area contributed by atoms with Crippen LogP contribution < -0.4 is 0 Å². The summed E-state index contributed by atoms with van der Waals surface area (Å²) in [5, 5.41) is 0. The van der Waals surface area contributed by atoms with Gasteiger partial charge in [-0.3, -0.25) is 4.79 Å². The monoisotopic (exact) mass is 150 g/mol. The van der Waals surface area contributed by atoms with Crippen LogP contribution in [0.25, 0.3) is 0 Å². The fourth-order valence-electron chi connectivity index (χ4n) is 1.51. The van der Waals surface area contributed by atoms with Gasteiger partial charge in [0, 0.05) is 5.56 Å². The molecular formula is C9H10O2. The smallest absolute Gasteiger partial charge is 0.140 e. The van der Waals surface area contributed by atoms with Crippen LogP contribution in [-0.2, 0) is 10.2 Å². The van der Waals surface area contributed by atoms with Gasteiger partial charge >= 0.3 is 0 Å². The van der Waals surface area contributed by atoms with E-state index in [1.807, 2.05) is 6.07 Å². The molecule has 1 aromatic rings. The number of Topliss-reactive ketones (excluding diaryl/α,β-unsaturated/α-hetero) is 1. The first-order valence-corrected chi connectivity index (χ1v) is 3.79. The lowest BCUT2D eigenvalue weighted by atomic mass is 9.95. The number of carbonyl (C=O) groups excluding carboxylic acids is 1. The Bertz CT molecular complexity index is 268. The Kier molecular flexibility index (Phi) is 1.19. The van der Waals surface area contributed by atoms with Gasteiger partial charge in [-0.15, -0.1) is 0 Å². The Balaban J connectivity index is 2.36. The Labute approximate surface area is 65.2 Å². The van der Waals surface area contributed by atoms with Crippen LogP contribution in [0.15, 0.2) is 23.0 Å². The van der Waals surface area contributed by atoms with Gasteiger partial charge in [0.2, 0.25) is 0 Å². The molecule has 1 saturated carbocycles. The van der Waals surface area contributed by atoms with E-state index < -0.39 is 0 Å². The fourth-order valence-corrected chi connectivity index (χ4v) is 1.51. The topological polar surface area (TPSA) is 30.2 Å². The lowest BCUT2D eigenvalue weighted by Crippen LogP contribution is -2.15. The first-order valence-electron chi connectivity index (χ1n) is 3.79. The van der Waals surface area contributed by atoms with E-state index in [0.717, 1.165) is 18.4 Å². The maximum Gasteiger partial charge on any atom is 0.140 e. The van der Waals surface area contributed by atoms with Crippen LogP contribution in [0.3, 0.4) is 0 Å². The van der Waals surface area contributed by atoms with Gasteiger partial charge in [-0.05, 0) is 25.8 Å². The van der Waals surface area contributed by atoms with Crippen LogP contribution in [0, 0.1) is 0 Å². The van der Waals surface area contributed by atoms with E-state index in [-0.39, 0.29) is 11.2 Å². The molecule has 0 radical (unpaired) electrons. The van der Waals surface area contributed by atoms with Gasteiger partial charge < -0.3 is 4.42 Å². The minimum Gasteiger partial charge on any atom is -0.472 e. The predicted octanol–water partition coefficient (Wildman–Crippen LogP) is 1.90. The number of furan rings is 1. The van der Waals surface area contributed by atoms with Crippen LogP contribution in [-0.4, -0.2) is 5.78 Å². The van der Waals surface area contributed by atoms with Gasteiger partial charge in [0.05, 0.1) is 17.9 Å². The van der Waals surface area contributed by atoms with E-state index in [4.69, 9.17) is 4.42 Å². The molecule has 0 bridgehead atoms. The van der Waals surface area contributed by atoms with E-state index >= 15 is 0 Å². The Morgan fingerprint density at radius 3 is 2.73 bits per heavy atom. The van der Waals surface area contributed by atoms with E-state index in [9.17, 15) is 4.79 Å². The number of ketones is 1. The molecule has 0 amide bonds. The lowest BCUT2D eigenvalue weighted by Gasteiger charge is -2.06. The highest BCUT2D eigenvalue weighted by Gasteiger charge is 2.49. The molecule has 11 heavy (non-hydrogen) atoms. The molecular weight excluding hydrogens is 140 g/mol. The van der Waals surface area contributed by atoms with Gasteiger partial charge in [0.15, 0.2) is 0 Å². The van der Waals surface area contributed by atoms with Crippen molar-refractivity contribution in [2.45, 2.75) is 25.2 Å². The zero-order valence-electron chi connectivity index (χ0n) is 6.46. The van der Waals surface area contributed by atoms with Crippen molar-refractivity contribution in [3.8, 4) is 0 Å². The zero-order chi connectivity index (χ0) is 7.90. The third-order valence-corrected chi connectivity index (χ3v) is 2.50. The van der Waals surface area contributed by atoms with Crippen LogP contribution >= 0.6 is 0 Å². The van der Waals surface area contributed by atoms with Crippen LogP contribution in [0.5, 0.6) is 0 Å². The molecule has 0 spiro atoms. The van der Waals surface area contributed by atoms with Crippen LogP contribution in [0.2, 0.25) is 0 Å². The molecule has 0 atom stereocenters. The molecule has 1 aliphatic rings.